The molecule has 102 valence electrons. The van der Waals surface area contributed by atoms with Crippen molar-refractivity contribution in [1.82, 2.24) is 0 Å². The maximum absolute atomic E-state index is 9.23. The average Bonchev–Trinajstić information content (AvgIpc) is 2.38. The second-order valence-electron chi connectivity index (χ2n) is 5.05. The predicted molar refractivity (Wildman–Crippen MR) is 75.4 cm³/mol. The van der Waals surface area contributed by atoms with Gasteiger partial charge in [-0.2, -0.15) is 0 Å². The summed E-state index contributed by atoms with van der Waals surface area (Å²) in [6.07, 6.45) is 4.11. The van der Waals surface area contributed by atoms with E-state index in [4.69, 9.17) is 4.74 Å². The molecule has 0 saturated heterocycles. The topological polar surface area (TPSA) is 29.5 Å². The smallest absolute Gasteiger partial charge is 0.0717 e. The molecule has 0 amide bonds. The first-order chi connectivity index (χ1) is 8.72. The average molecular weight is 250 g/mol. The van der Waals surface area contributed by atoms with E-state index in [0.717, 1.165) is 32.3 Å². The van der Waals surface area contributed by atoms with E-state index < -0.39 is 0 Å². The van der Waals surface area contributed by atoms with Gasteiger partial charge in [-0.1, -0.05) is 50.1 Å². The molecule has 0 aliphatic heterocycles. The number of hydrogen-bond donors (Lipinski definition) is 1. The molecule has 2 heteroatoms. The minimum absolute atomic E-state index is 0.173. The third kappa shape index (κ3) is 6.77. The first-order valence-corrected chi connectivity index (χ1v) is 7.02. The fraction of sp³-hybridized carbons (Fsp3) is 0.625. The molecule has 0 heterocycles. The quantitative estimate of drug-likeness (QED) is 0.722. The van der Waals surface area contributed by atoms with Crippen LogP contribution in [0.15, 0.2) is 30.3 Å². The molecular formula is C16H26O2. The normalized spacial score (nSPS) is 14.4. The van der Waals surface area contributed by atoms with Gasteiger partial charge < -0.3 is 9.84 Å². The maximum Gasteiger partial charge on any atom is 0.0717 e. The lowest BCUT2D eigenvalue weighted by atomic mass is 9.99. The van der Waals surface area contributed by atoms with Crippen molar-refractivity contribution in [2.75, 3.05) is 6.61 Å². The van der Waals surface area contributed by atoms with Crippen LogP contribution in [0.4, 0.5) is 0 Å². The van der Waals surface area contributed by atoms with Crippen molar-refractivity contribution in [3.63, 3.8) is 0 Å². The molecule has 0 bridgehead atoms. The zero-order valence-corrected chi connectivity index (χ0v) is 11.6. The molecule has 1 aromatic carbocycles. The minimum Gasteiger partial charge on any atom is -0.393 e. The van der Waals surface area contributed by atoms with Crippen molar-refractivity contribution in [3.8, 4) is 0 Å². The van der Waals surface area contributed by atoms with E-state index in [2.05, 4.69) is 19.1 Å². The van der Waals surface area contributed by atoms with Crippen molar-refractivity contribution in [2.45, 2.75) is 52.2 Å². The Labute approximate surface area is 111 Å². The molecule has 0 spiro atoms. The molecule has 2 atom stereocenters. The zero-order chi connectivity index (χ0) is 13.2. The van der Waals surface area contributed by atoms with Crippen LogP contribution in [-0.2, 0) is 11.3 Å². The van der Waals surface area contributed by atoms with Crippen LogP contribution < -0.4 is 0 Å². The number of benzene rings is 1. The summed E-state index contributed by atoms with van der Waals surface area (Å²) in [5.41, 5.74) is 1.23. The van der Waals surface area contributed by atoms with E-state index in [1.807, 2.05) is 25.1 Å². The minimum atomic E-state index is -0.173. The number of aliphatic hydroxyl groups is 1. The van der Waals surface area contributed by atoms with Crippen molar-refractivity contribution >= 4 is 0 Å². The fourth-order valence-electron chi connectivity index (χ4n) is 2.02. The van der Waals surface area contributed by atoms with Crippen molar-refractivity contribution in [1.29, 1.82) is 0 Å². The molecule has 0 aromatic heterocycles. The van der Waals surface area contributed by atoms with Gasteiger partial charge in [-0.05, 0) is 31.2 Å². The van der Waals surface area contributed by atoms with Crippen LogP contribution in [0.1, 0.15) is 45.1 Å². The Hall–Kier alpha value is -0.860. The monoisotopic (exact) mass is 250 g/mol. The number of hydrogen-bond acceptors (Lipinski definition) is 2. The summed E-state index contributed by atoms with van der Waals surface area (Å²) in [5.74, 6) is 0.618. The van der Waals surface area contributed by atoms with Crippen molar-refractivity contribution in [3.05, 3.63) is 35.9 Å². The molecule has 0 radical (unpaired) electrons. The Kier molecular flexibility index (Phi) is 7.70. The highest BCUT2D eigenvalue weighted by atomic mass is 16.5. The summed E-state index contributed by atoms with van der Waals surface area (Å²) in [6.45, 7) is 5.59. The third-order valence-electron chi connectivity index (χ3n) is 3.28. The Morgan fingerprint density at radius 3 is 2.50 bits per heavy atom. The second kappa shape index (κ2) is 9.12. The van der Waals surface area contributed by atoms with Crippen LogP contribution >= 0.6 is 0 Å². The van der Waals surface area contributed by atoms with E-state index in [-0.39, 0.29) is 6.10 Å². The molecule has 2 unspecified atom stereocenters. The molecule has 1 rings (SSSR count). The Morgan fingerprint density at radius 2 is 1.89 bits per heavy atom. The zero-order valence-electron chi connectivity index (χ0n) is 11.6. The van der Waals surface area contributed by atoms with E-state index >= 15 is 0 Å². The first kappa shape index (κ1) is 15.2. The first-order valence-electron chi connectivity index (χ1n) is 7.02. The van der Waals surface area contributed by atoms with Crippen LogP contribution in [0.5, 0.6) is 0 Å². The standard InChI is InChI=1S/C16H26O2/c1-3-15(11-7-8-14(2)17)12-18-13-16-9-5-4-6-10-16/h4-6,9-10,14-15,17H,3,7-8,11-13H2,1-2H3. The molecule has 18 heavy (non-hydrogen) atoms. The number of aliphatic hydroxyl groups excluding tert-OH is 1. The van der Waals surface area contributed by atoms with E-state index in [9.17, 15) is 5.11 Å². The molecule has 0 aliphatic rings. The lowest BCUT2D eigenvalue weighted by molar-refractivity contribution is 0.0798. The predicted octanol–water partition coefficient (Wildman–Crippen LogP) is 3.78. The Balaban J connectivity index is 2.15. The van der Waals surface area contributed by atoms with E-state index in [1.165, 1.54) is 5.56 Å². The van der Waals surface area contributed by atoms with Gasteiger partial charge in [0.25, 0.3) is 0 Å². The molecule has 2 nitrogen and oxygen atoms in total. The Bertz CT molecular complexity index is 295. The maximum atomic E-state index is 9.23. The fourth-order valence-corrected chi connectivity index (χ4v) is 2.02. The highest BCUT2D eigenvalue weighted by molar-refractivity contribution is 5.13. The van der Waals surface area contributed by atoms with Crippen molar-refractivity contribution in [2.24, 2.45) is 5.92 Å². The number of rotatable bonds is 9. The van der Waals surface area contributed by atoms with Gasteiger partial charge in [-0.3, -0.25) is 0 Å². The highest BCUT2D eigenvalue weighted by Crippen LogP contribution is 2.15. The second-order valence-corrected chi connectivity index (χ2v) is 5.05. The van der Waals surface area contributed by atoms with Crippen LogP contribution in [-0.4, -0.2) is 17.8 Å². The van der Waals surface area contributed by atoms with Gasteiger partial charge in [0.05, 0.1) is 12.7 Å². The van der Waals surface area contributed by atoms with E-state index in [0.29, 0.717) is 12.5 Å². The van der Waals surface area contributed by atoms with Crippen molar-refractivity contribution < 1.29 is 9.84 Å². The Morgan fingerprint density at radius 1 is 1.17 bits per heavy atom. The van der Waals surface area contributed by atoms with Gasteiger partial charge in [0.1, 0.15) is 0 Å². The summed E-state index contributed by atoms with van der Waals surface area (Å²) in [7, 11) is 0. The number of ether oxygens (including phenoxy) is 1. The summed E-state index contributed by atoms with van der Waals surface area (Å²) in [6, 6.07) is 10.3. The molecule has 0 aliphatic carbocycles. The largest absolute Gasteiger partial charge is 0.393 e. The SMILES string of the molecule is CCC(CCCC(C)O)COCc1ccccc1. The lowest BCUT2D eigenvalue weighted by Gasteiger charge is -2.15. The molecule has 0 saturated carbocycles. The van der Waals surface area contributed by atoms with Crippen LogP contribution in [0.2, 0.25) is 0 Å². The summed E-state index contributed by atoms with van der Waals surface area (Å²) >= 11 is 0. The van der Waals surface area contributed by atoms with Gasteiger partial charge in [0.15, 0.2) is 0 Å². The molecule has 0 fully saturated rings. The van der Waals surface area contributed by atoms with E-state index in [1.54, 1.807) is 0 Å². The summed E-state index contributed by atoms with van der Waals surface area (Å²) in [5, 5.41) is 9.23. The van der Waals surface area contributed by atoms with Crippen LogP contribution in [0.3, 0.4) is 0 Å². The third-order valence-corrected chi connectivity index (χ3v) is 3.28. The van der Waals surface area contributed by atoms with Gasteiger partial charge in [0, 0.05) is 6.61 Å². The van der Waals surface area contributed by atoms with Gasteiger partial charge in [0.2, 0.25) is 0 Å². The van der Waals surface area contributed by atoms with Gasteiger partial charge >= 0.3 is 0 Å². The highest BCUT2D eigenvalue weighted by Gasteiger charge is 2.07. The van der Waals surface area contributed by atoms with Crippen LogP contribution in [0, 0.1) is 5.92 Å². The summed E-state index contributed by atoms with van der Waals surface area (Å²) < 4.78 is 5.77. The van der Waals surface area contributed by atoms with Gasteiger partial charge in [-0.15, -0.1) is 0 Å². The molecule has 1 aromatic rings. The van der Waals surface area contributed by atoms with Gasteiger partial charge in [-0.25, -0.2) is 0 Å². The lowest BCUT2D eigenvalue weighted by Crippen LogP contribution is -2.10. The molecular weight excluding hydrogens is 224 g/mol. The summed E-state index contributed by atoms with van der Waals surface area (Å²) in [4.78, 5) is 0. The van der Waals surface area contributed by atoms with Crippen LogP contribution in [0.25, 0.3) is 0 Å². The molecule has 1 N–H and O–H groups in total.